The summed E-state index contributed by atoms with van der Waals surface area (Å²) in [7, 11) is 0. The fourth-order valence-corrected chi connectivity index (χ4v) is 2.52. The third kappa shape index (κ3) is 3.39. The van der Waals surface area contributed by atoms with Crippen molar-refractivity contribution in [2.45, 2.75) is 34.1 Å². The Morgan fingerprint density at radius 1 is 1.15 bits per heavy atom. The van der Waals surface area contributed by atoms with Crippen LogP contribution in [0.1, 0.15) is 30.7 Å². The van der Waals surface area contributed by atoms with Crippen molar-refractivity contribution >= 4 is 27.5 Å². The molecule has 0 aliphatic rings. The molecule has 4 heteroatoms. The summed E-state index contributed by atoms with van der Waals surface area (Å²) in [5.41, 5.74) is 4.47. The van der Waals surface area contributed by atoms with Gasteiger partial charge in [0.2, 0.25) is 0 Å². The number of aryl methyl sites for hydroxylation is 2. The Hall–Kier alpha value is -0.930. The van der Waals surface area contributed by atoms with Crippen LogP contribution in [0.3, 0.4) is 0 Å². The third-order valence-electron chi connectivity index (χ3n) is 3.25. The van der Waals surface area contributed by atoms with Crippen molar-refractivity contribution < 1.29 is 0 Å². The SMILES string of the molecule is Cc1ccc(-c2nc(Cl)c(Br)c(CC(C)C)n2)cc1C. The minimum absolute atomic E-state index is 0.476. The Kier molecular flexibility index (Phi) is 4.82. The Labute approximate surface area is 133 Å². The highest BCUT2D eigenvalue weighted by molar-refractivity contribution is 9.10. The summed E-state index contributed by atoms with van der Waals surface area (Å²) in [4.78, 5) is 9.06. The van der Waals surface area contributed by atoms with E-state index in [1.54, 1.807) is 0 Å². The van der Waals surface area contributed by atoms with Crippen LogP contribution in [0.5, 0.6) is 0 Å². The van der Waals surface area contributed by atoms with E-state index in [4.69, 9.17) is 11.6 Å². The summed E-state index contributed by atoms with van der Waals surface area (Å²) in [5, 5.41) is 0.476. The van der Waals surface area contributed by atoms with Crippen LogP contribution in [0, 0.1) is 19.8 Å². The zero-order chi connectivity index (χ0) is 14.9. The molecule has 0 spiro atoms. The van der Waals surface area contributed by atoms with Gasteiger partial charge in [-0.1, -0.05) is 37.6 Å². The van der Waals surface area contributed by atoms with E-state index in [9.17, 15) is 0 Å². The minimum atomic E-state index is 0.476. The Morgan fingerprint density at radius 2 is 1.85 bits per heavy atom. The monoisotopic (exact) mass is 352 g/mol. The second-order valence-electron chi connectivity index (χ2n) is 5.50. The lowest BCUT2D eigenvalue weighted by Gasteiger charge is -2.11. The van der Waals surface area contributed by atoms with E-state index in [0.717, 1.165) is 22.2 Å². The largest absolute Gasteiger partial charge is 0.232 e. The van der Waals surface area contributed by atoms with Crippen LogP contribution in [0.4, 0.5) is 0 Å². The van der Waals surface area contributed by atoms with Gasteiger partial charge in [-0.2, -0.15) is 0 Å². The van der Waals surface area contributed by atoms with Crippen molar-refractivity contribution in [2.24, 2.45) is 5.92 Å². The fraction of sp³-hybridized carbons (Fsp3) is 0.375. The minimum Gasteiger partial charge on any atom is -0.232 e. The molecule has 2 aromatic rings. The summed E-state index contributed by atoms with van der Waals surface area (Å²) in [6.45, 7) is 8.52. The van der Waals surface area contributed by atoms with Crippen LogP contribution in [0.2, 0.25) is 5.15 Å². The fourth-order valence-electron chi connectivity index (χ4n) is 1.99. The van der Waals surface area contributed by atoms with E-state index in [2.05, 4.69) is 65.7 Å². The van der Waals surface area contributed by atoms with Crippen LogP contribution in [0.15, 0.2) is 22.7 Å². The van der Waals surface area contributed by atoms with Gasteiger partial charge in [0.1, 0.15) is 5.15 Å². The van der Waals surface area contributed by atoms with E-state index >= 15 is 0 Å². The van der Waals surface area contributed by atoms with E-state index in [0.29, 0.717) is 16.9 Å². The summed E-state index contributed by atoms with van der Waals surface area (Å²) in [5.74, 6) is 1.21. The van der Waals surface area contributed by atoms with E-state index < -0.39 is 0 Å². The quantitative estimate of drug-likeness (QED) is 0.693. The molecule has 1 aromatic carbocycles. The standard InChI is InChI=1S/C16H18BrClN2/c1-9(2)7-13-14(17)15(18)20-16(19-13)12-6-5-10(3)11(4)8-12/h5-6,8-9H,7H2,1-4H3. The maximum absolute atomic E-state index is 6.23. The first kappa shape index (κ1) is 15.5. The van der Waals surface area contributed by atoms with Crippen LogP contribution in [-0.2, 0) is 6.42 Å². The van der Waals surface area contributed by atoms with Crippen molar-refractivity contribution in [2.75, 3.05) is 0 Å². The lowest BCUT2D eigenvalue weighted by Crippen LogP contribution is -2.03. The Balaban J connectivity index is 2.51. The van der Waals surface area contributed by atoms with Gasteiger partial charge in [-0.15, -0.1) is 0 Å². The third-order valence-corrected chi connectivity index (χ3v) is 4.58. The molecule has 0 fully saturated rings. The van der Waals surface area contributed by atoms with Gasteiger partial charge in [-0.25, -0.2) is 9.97 Å². The molecule has 0 unspecified atom stereocenters. The maximum atomic E-state index is 6.23. The molecule has 106 valence electrons. The van der Waals surface area contributed by atoms with Crippen molar-refractivity contribution in [1.82, 2.24) is 9.97 Å². The van der Waals surface area contributed by atoms with Gasteiger partial charge < -0.3 is 0 Å². The van der Waals surface area contributed by atoms with Crippen molar-refractivity contribution in [3.05, 3.63) is 44.6 Å². The molecule has 0 amide bonds. The topological polar surface area (TPSA) is 25.8 Å². The highest BCUT2D eigenvalue weighted by Gasteiger charge is 2.13. The first-order chi connectivity index (χ1) is 9.38. The molecular weight excluding hydrogens is 336 g/mol. The van der Waals surface area contributed by atoms with E-state index in [1.165, 1.54) is 11.1 Å². The van der Waals surface area contributed by atoms with Crippen LogP contribution < -0.4 is 0 Å². The Bertz CT molecular complexity index is 639. The molecule has 0 saturated carbocycles. The van der Waals surface area contributed by atoms with Gasteiger partial charge in [0.05, 0.1) is 10.2 Å². The first-order valence-corrected chi connectivity index (χ1v) is 7.85. The Morgan fingerprint density at radius 3 is 2.45 bits per heavy atom. The molecule has 0 bridgehead atoms. The van der Waals surface area contributed by atoms with Crippen molar-refractivity contribution in [3.63, 3.8) is 0 Å². The molecule has 20 heavy (non-hydrogen) atoms. The molecule has 0 radical (unpaired) electrons. The average molecular weight is 354 g/mol. The number of hydrogen-bond donors (Lipinski definition) is 0. The van der Waals surface area contributed by atoms with Gasteiger partial charge in [-0.3, -0.25) is 0 Å². The zero-order valence-corrected chi connectivity index (χ0v) is 14.5. The second-order valence-corrected chi connectivity index (χ2v) is 6.65. The van der Waals surface area contributed by atoms with Crippen molar-refractivity contribution in [3.8, 4) is 11.4 Å². The van der Waals surface area contributed by atoms with Gasteiger partial charge in [0.15, 0.2) is 5.82 Å². The number of rotatable bonds is 3. The predicted molar refractivity (Wildman–Crippen MR) is 88.2 cm³/mol. The molecule has 2 nitrogen and oxygen atoms in total. The van der Waals surface area contributed by atoms with Gasteiger partial charge in [-0.05, 0) is 59.3 Å². The number of halogens is 2. The summed E-state index contributed by atoms with van der Waals surface area (Å²) in [6, 6.07) is 6.24. The lowest BCUT2D eigenvalue weighted by atomic mass is 10.1. The molecule has 1 heterocycles. The summed E-state index contributed by atoms with van der Waals surface area (Å²) in [6.07, 6.45) is 0.876. The molecule has 0 aliphatic carbocycles. The van der Waals surface area contributed by atoms with E-state index in [-0.39, 0.29) is 0 Å². The van der Waals surface area contributed by atoms with Crippen LogP contribution in [0.25, 0.3) is 11.4 Å². The molecule has 0 saturated heterocycles. The molecule has 0 aliphatic heterocycles. The summed E-state index contributed by atoms with van der Waals surface area (Å²) < 4.78 is 0.806. The average Bonchev–Trinajstić information content (AvgIpc) is 2.37. The van der Waals surface area contributed by atoms with Crippen LogP contribution in [-0.4, -0.2) is 9.97 Å². The highest BCUT2D eigenvalue weighted by Crippen LogP contribution is 2.29. The number of nitrogens with zero attached hydrogens (tertiary/aromatic N) is 2. The maximum Gasteiger partial charge on any atom is 0.161 e. The van der Waals surface area contributed by atoms with Crippen LogP contribution >= 0.6 is 27.5 Å². The number of aromatic nitrogens is 2. The summed E-state index contributed by atoms with van der Waals surface area (Å²) >= 11 is 9.71. The molecule has 0 atom stereocenters. The van der Waals surface area contributed by atoms with Gasteiger partial charge in [0, 0.05) is 5.56 Å². The normalized spacial score (nSPS) is 11.2. The lowest BCUT2D eigenvalue weighted by molar-refractivity contribution is 0.632. The zero-order valence-electron chi connectivity index (χ0n) is 12.2. The van der Waals surface area contributed by atoms with Gasteiger partial charge >= 0.3 is 0 Å². The van der Waals surface area contributed by atoms with Gasteiger partial charge in [0.25, 0.3) is 0 Å². The first-order valence-electron chi connectivity index (χ1n) is 6.68. The highest BCUT2D eigenvalue weighted by atomic mass is 79.9. The number of benzene rings is 1. The number of hydrogen-bond acceptors (Lipinski definition) is 2. The molecule has 2 rings (SSSR count). The predicted octanol–water partition coefficient (Wildman–Crippen LogP) is 5.37. The molecule has 1 aromatic heterocycles. The molecule has 0 N–H and O–H groups in total. The van der Waals surface area contributed by atoms with Crippen molar-refractivity contribution in [1.29, 1.82) is 0 Å². The smallest absolute Gasteiger partial charge is 0.161 e. The van der Waals surface area contributed by atoms with E-state index in [1.807, 2.05) is 6.07 Å². The molecular formula is C16H18BrClN2. The second kappa shape index (κ2) is 6.23.